The van der Waals surface area contributed by atoms with Crippen molar-refractivity contribution in [3.63, 3.8) is 0 Å². The summed E-state index contributed by atoms with van der Waals surface area (Å²) < 4.78 is 39.4. The van der Waals surface area contributed by atoms with E-state index in [1.807, 2.05) is 32.6 Å². The molecule has 0 N–H and O–H groups in total. The number of anilines is 1. The first-order valence-corrected chi connectivity index (χ1v) is 13.3. The third-order valence-electron chi connectivity index (χ3n) is 7.84. The number of amides is 1. The number of ether oxygens (including phenoxy) is 2. The number of esters is 1. The average Bonchev–Trinajstić information content (AvgIpc) is 3.59. The van der Waals surface area contributed by atoms with Gasteiger partial charge in [-0.3, -0.25) is 14.2 Å². The van der Waals surface area contributed by atoms with Crippen molar-refractivity contribution in [2.45, 2.75) is 71.8 Å². The van der Waals surface area contributed by atoms with Crippen molar-refractivity contribution in [2.75, 3.05) is 24.5 Å². The van der Waals surface area contributed by atoms with E-state index in [2.05, 4.69) is 9.88 Å². The molecule has 1 saturated heterocycles. The molecule has 1 saturated carbocycles. The normalized spacial score (nSPS) is 20.2. The molecule has 3 heterocycles. The zero-order valence-corrected chi connectivity index (χ0v) is 22.7. The molecule has 39 heavy (non-hydrogen) atoms. The summed E-state index contributed by atoms with van der Waals surface area (Å²) in [6.07, 6.45) is 1.71. The van der Waals surface area contributed by atoms with E-state index in [9.17, 15) is 23.2 Å². The van der Waals surface area contributed by atoms with E-state index in [0.29, 0.717) is 37.6 Å². The number of hydrogen-bond acceptors (Lipinski definition) is 7. The smallest absolute Gasteiger partial charge is 0.352 e. The largest absolute Gasteiger partial charge is 0.473 e. The van der Waals surface area contributed by atoms with Crippen LogP contribution in [0, 0.1) is 23.0 Å². The topological polar surface area (TPSA) is 94.0 Å². The minimum absolute atomic E-state index is 0.0650. The molecule has 0 bridgehead atoms. The number of carbonyl (C=O) groups excluding carboxylic acids is 2. The van der Waals surface area contributed by atoms with Crippen LogP contribution in [-0.4, -0.2) is 57.6 Å². The molecule has 210 valence electrons. The van der Waals surface area contributed by atoms with Gasteiger partial charge in [-0.15, -0.1) is 0 Å². The van der Waals surface area contributed by atoms with Gasteiger partial charge in [0.2, 0.25) is 11.8 Å². The summed E-state index contributed by atoms with van der Waals surface area (Å²) in [5, 5.41) is 0. The zero-order valence-electron chi connectivity index (χ0n) is 22.7. The van der Waals surface area contributed by atoms with Crippen molar-refractivity contribution in [3.05, 3.63) is 51.9 Å². The minimum atomic E-state index is -0.972. The standard InChI is InChI=1S/C28H34F2N4O5/c1-17(11-24(35)39-27(2,3)4)28(7-8-28)25(36)32-9-10-33-19(14-32)15-34-23(33)13-22(31-26(34)37)38-16-18-5-6-20(29)21(30)12-18/h5-6,12-13,17,19H,7-11,14-16H2,1-4H3/t17-,19?/m1/s1. The van der Waals surface area contributed by atoms with Gasteiger partial charge in [0.25, 0.3) is 0 Å². The number of hydrogen-bond donors (Lipinski definition) is 0. The van der Waals surface area contributed by atoms with Crippen LogP contribution in [0.15, 0.2) is 29.1 Å². The first-order chi connectivity index (χ1) is 18.4. The Kier molecular flexibility index (Phi) is 6.88. The van der Waals surface area contributed by atoms with Gasteiger partial charge in [0.1, 0.15) is 18.0 Å². The number of nitrogens with zero attached hydrogens (tertiary/aromatic N) is 4. The highest BCUT2D eigenvalue weighted by atomic mass is 19.2. The lowest BCUT2D eigenvalue weighted by molar-refractivity contribution is -0.157. The number of carbonyl (C=O) groups is 2. The quantitative estimate of drug-likeness (QED) is 0.494. The van der Waals surface area contributed by atoms with E-state index in [1.54, 1.807) is 10.6 Å². The third kappa shape index (κ3) is 5.49. The summed E-state index contributed by atoms with van der Waals surface area (Å²) in [6.45, 7) is 9.27. The maximum absolute atomic E-state index is 13.6. The van der Waals surface area contributed by atoms with Gasteiger partial charge in [-0.05, 0) is 57.2 Å². The van der Waals surface area contributed by atoms with Crippen LogP contribution in [0.1, 0.15) is 52.5 Å². The molecule has 2 aliphatic heterocycles. The van der Waals surface area contributed by atoms with E-state index >= 15 is 0 Å². The summed E-state index contributed by atoms with van der Waals surface area (Å²) in [5.41, 5.74) is -1.16. The van der Waals surface area contributed by atoms with Crippen LogP contribution in [0.4, 0.5) is 14.6 Å². The van der Waals surface area contributed by atoms with E-state index in [1.165, 1.54) is 6.07 Å². The van der Waals surface area contributed by atoms with Crippen LogP contribution in [0.2, 0.25) is 0 Å². The molecule has 1 aliphatic carbocycles. The molecule has 9 nitrogen and oxygen atoms in total. The predicted molar refractivity (Wildman–Crippen MR) is 138 cm³/mol. The highest BCUT2D eigenvalue weighted by Crippen LogP contribution is 2.54. The van der Waals surface area contributed by atoms with Crippen molar-refractivity contribution in [1.29, 1.82) is 0 Å². The van der Waals surface area contributed by atoms with Gasteiger partial charge in [-0.1, -0.05) is 13.0 Å². The molecule has 5 rings (SSSR count). The molecule has 1 aromatic heterocycles. The van der Waals surface area contributed by atoms with Crippen LogP contribution in [0.3, 0.4) is 0 Å². The third-order valence-corrected chi connectivity index (χ3v) is 7.84. The fourth-order valence-electron chi connectivity index (χ4n) is 5.65. The second-order valence-electron chi connectivity index (χ2n) is 11.8. The molecule has 1 aromatic carbocycles. The number of benzene rings is 1. The van der Waals surface area contributed by atoms with Gasteiger partial charge >= 0.3 is 11.7 Å². The SMILES string of the molecule is C[C@H](CC(=O)OC(C)(C)C)C1(C(=O)N2CCN3c4cc(OCc5ccc(F)c(F)c5)nc(=O)n4CC3C2)CC1. The van der Waals surface area contributed by atoms with Crippen LogP contribution >= 0.6 is 0 Å². The predicted octanol–water partition coefficient (Wildman–Crippen LogP) is 3.28. The molecule has 2 aromatic rings. The minimum Gasteiger partial charge on any atom is -0.473 e. The highest BCUT2D eigenvalue weighted by Gasteiger charge is 2.56. The Morgan fingerprint density at radius 3 is 2.54 bits per heavy atom. The van der Waals surface area contributed by atoms with Gasteiger partial charge < -0.3 is 19.3 Å². The maximum Gasteiger partial charge on any atom is 0.352 e. The van der Waals surface area contributed by atoms with Crippen molar-refractivity contribution in [3.8, 4) is 5.88 Å². The molecule has 11 heteroatoms. The first kappa shape index (κ1) is 27.1. The summed E-state index contributed by atoms with van der Waals surface area (Å²) in [7, 11) is 0. The van der Waals surface area contributed by atoms with Gasteiger partial charge in [0.15, 0.2) is 11.6 Å². The molecular weight excluding hydrogens is 510 g/mol. The van der Waals surface area contributed by atoms with Crippen LogP contribution in [0.25, 0.3) is 0 Å². The lowest BCUT2D eigenvalue weighted by atomic mass is 9.86. The van der Waals surface area contributed by atoms with Crippen LogP contribution in [-0.2, 0) is 27.5 Å². The Bertz CT molecular complexity index is 1350. The fourth-order valence-corrected chi connectivity index (χ4v) is 5.65. The Labute approximate surface area is 225 Å². The highest BCUT2D eigenvalue weighted by molar-refractivity contribution is 5.87. The molecule has 1 amide bonds. The average molecular weight is 545 g/mol. The fraction of sp³-hybridized carbons (Fsp3) is 0.571. The summed E-state index contributed by atoms with van der Waals surface area (Å²) in [6, 6.07) is 5.06. The van der Waals surface area contributed by atoms with E-state index in [0.717, 1.165) is 25.0 Å². The number of aromatic nitrogens is 2. The van der Waals surface area contributed by atoms with Crippen LogP contribution in [0.5, 0.6) is 5.88 Å². The Morgan fingerprint density at radius 2 is 1.87 bits per heavy atom. The summed E-state index contributed by atoms with van der Waals surface area (Å²) in [4.78, 5) is 46.8. The van der Waals surface area contributed by atoms with Gasteiger partial charge in [-0.25, -0.2) is 13.6 Å². The molecule has 0 radical (unpaired) electrons. The molecular formula is C28H34F2N4O5. The van der Waals surface area contributed by atoms with Gasteiger partial charge in [-0.2, -0.15) is 4.98 Å². The number of rotatable bonds is 7. The maximum atomic E-state index is 13.6. The molecule has 2 atom stereocenters. The molecule has 0 spiro atoms. The van der Waals surface area contributed by atoms with E-state index < -0.39 is 28.3 Å². The summed E-state index contributed by atoms with van der Waals surface area (Å²) in [5.74, 6) is -1.51. The lowest BCUT2D eigenvalue weighted by Gasteiger charge is -2.40. The lowest BCUT2D eigenvalue weighted by Crippen LogP contribution is -2.55. The van der Waals surface area contributed by atoms with Crippen molar-refractivity contribution < 1.29 is 27.8 Å². The Hall–Kier alpha value is -3.50. The number of fused-ring (bicyclic) bond motifs is 3. The van der Waals surface area contributed by atoms with Crippen LogP contribution < -0.4 is 15.3 Å². The van der Waals surface area contributed by atoms with Crippen molar-refractivity contribution in [1.82, 2.24) is 14.5 Å². The first-order valence-electron chi connectivity index (χ1n) is 13.3. The number of piperazine rings is 1. The van der Waals surface area contributed by atoms with Crippen molar-refractivity contribution in [2.24, 2.45) is 11.3 Å². The monoisotopic (exact) mass is 544 g/mol. The summed E-state index contributed by atoms with van der Waals surface area (Å²) >= 11 is 0. The zero-order chi connectivity index (χ0) is 28.1. The van der Waals surface area contributed by atoms with E-state index in [4.69, 9.17) is 9.47 Å². The van der Waals surface area contributed by atoms with Crippen molar-refractivity contribution >= 4 is 17.7 Å². The molecule has 2 fully saturated rings. The Morgan fingerprint density at radius 1 is 1.13 bits per heavy atom. The van der Waals surface area contributed by atoms with Gasteiger partial charge in [0.05, 0.1) is 18.0 Å². The molecule has 1 unspecified atom stereocenters. The van der Waals surface area contributed by atoms with Gasteiger partial charge in [0, 0.05) is 32.1 Å². The Balaban J connectivity index is 1.23. The second kappa shape index (κ2) is 9.91. The molecule has 3 aliphatic rings. The number of halogens is 2. The second-order valence-corrected chi connectivity index (χ2v) is 11.8. The van der Waals surface area contributed by atoms with E-state index in [-0.39, 0.29) is 42.7 Å².